The van der Waals surface area contributed by atoms with Crippen LogP contribution in [0.1, 0.15) is 56.9 Å². The average molecular weight is 461 g/mol. The lowest BCUT2D eigenvalue weighted by molar-refractivity contribution is 0.0500. The van der Waals surface area contributed by atoms with Gasteiger partial charge in [-0.05, 0) is 63.3 Å². The topological polar surface area (TPSA) is 92.4 Å². The highest BCUT2D eigenvalue weighted by Crippen LogP contribution is 2.23. The number of aromatic nitrogens is 1. The van der Waals surface area contributed by atoms with Gasteiger partial charge in [-0.2, -0.15) is 0 Å². The summed E-state index contributed by atoms with van der Waals surface area (Å²) in [6.07, 6.45) is 3.18. The Morgan fingerprint density at radius 1 is 1.24 bits per heavy atom. The molecule has 178 valence electrons. The van der Waals surface area contributed by atoms with E-state index in [2.05, 4.69) is 20.9 Å². The van der Waals surface area contributed by atoms with Crippen LogP contribution in [0, 0.1) is 11.6 Å². The molecule has 2 aromatic rings. The Morgan fingerprint density at radius 2 is 2.00 bits per heavy atom. The van der Waals surface area contributed by atoms with E-state index in [9.17, 15) is 18.4 Å². The molecule has 33 heavy (non-hydrogen) atoms. The van der Waals surface area contributed by atoms with Crippen molar-refractivity contribution < 1.29 is 23.1 Å². The van der Waals surface area contributed by atoms with Crippen LogP contribution in [0.3, 0.4) is 0 Å². The summed E-state index contributed by atoms with van der Waals surface area (Å²) >= 11 is 0. The molecule has 2 unspecified atom stereocenters. The van der Waals surface area contributed by atoms with Gasteiger partial charge in [0.25, 0.3) is 0 Å². The second-order valence-corrected chi connectivity index (χ2v) is 9.32. The van der Waals surface area contributed by atoms with E-state index < -0.39 is 29.4 Å². The fraction of sp³-hybridized carbons (Fsp3) is 0.458. The zero-order valence-corrected chi connectivity index (χ0v) is 19.3. The second kappa shape index (κ2) is 10.1. The Balaban J connectivity index is 1.54. The van der Waals surface area contributed by atoms with Gasteiger partial charge >= 0.3 is 12.1 Å². The van der Waals surface area contributed by atoms with Crippen molar-refractivity contribution >= 4 is 17.8 Å². The van der Waals surface area contributed by atoms with Crippen molar-refractivity contribution in [2.24, 2.45) is 0 Å². The lowest BCUT2D eigenvalue weighted by Crippen LogP contribution is -2.42. The molecule has 3 amide bonds. The van der Waals surface area contributed by atoms with Gasteiger partial charge in [-0.3, -0.25) is 4.98 Å². The number of anilines is 1. The molecule has 9 heteroatoms. The number of hydrogen-bond donors (Lipinski definition) is 3. The molecule has 0 aliphatic heterocycles. The molecule has 3 N–H and O–H groups in total. The largest absolute Gasteiger partial charge is 0.444 e. The van der Waals surface area contributed by atoms with E-state index in [4.69, 9.17) is 4.74 Å². The molecule has 3 rings (SSSR count). The van der Waals surface area contributed by atoms with Gasteiger partial charge in [0.1, 0.15) is 17.2 Å². The van der Waals surface area contributed by atoms with E-state index in [1.54, 1.807) is 13.1 Å². The minimum Gasteiger partial charge on any atom is -0.444 e. The van der Waals surface area contributed by atoms with E-state index >= 15 is 0 Å². The number of hydrogen-bond acceptors (Lipinski definition) is 4. The smallest absolute Gasteiger partial charge is 0.407 e. The number of nitrogens with zero attached hydrogens (tertiary/aromatic N) is 1. The number of halogens is 2. The molecule has 1 heterocycles. The molecule has 0 bridgehead atoms. The summed E-state index contributed by atoms with van der Waals surface area (Å²) in [5.41, 5.74) is 2.16. The van der Waals surface area contributed by atoms with Crippen molar-refractivity contribution in [1.82, 2.24) is 15.6 Å². The summed E-state index contributed by atoms with van der Waals surface area (Å²) in [4.78, 5) is 28.8. The number of aryl methyl sites for hydroxylation is 1. The fourth-order valence-corrected chi connectivity index (χ4v) is 3.72. The lowest BCUT2D eigenvalue weighted by Gasteiger charge is -2.27. The zero-order valence-electron chi connectivity index (χ0n) is 19.3. The fourth-order valence-electron chi connectivity index (χ4n) is 3.72. The molecule has 1 aliphatic rings. The molecule has 0 radical (unpaired) electrons. The average Bonchev–Trinajstić information content (AvgIpc) is 2.70. The minimum absolute atomic E-state index is 0.0790. The molecule has 1 aliphatic carbocycles. The first kappa shape index (κ1) is 24.4. The number of rotatable bonds is 5. The van der Waals surface area contributed by atoms with Crippen LogP contribution in [0.15, 0.2) is 30.5 Å². The van der Waals surface area contributed by atoms with Crippen LogP contribution in [0.25, 0.3) is 0 Å². The maximum Gasteiger partial charge on any atom is 0.407 e. The van der Waals surface area contributed by atoms with Crippen LogP contribution >= 0.6 is 0 Å². The highest BCUT2D eigenvalue weighted by Gasteiger charge is 2.24. The van der Waals surface area contributed by atoms with Gasteiger partial charge in [-0.25, -0.2) is 18.4 Å². The summed E-state index contributed by atoms with van der Waals surface area (Å²) < 4.78 is 32.3. The summed E-state index contributed by atoms with van der Waals surface area (Å²) in [7, 11) is 0. The van der Waals surface area contributed by atoms with E-state index in [0.29, 0.717) is 24.1 Å². The first-order valence-corrected chi connectivity index (χ1v) is 11.0. The van der Waals surface area contributed by atoms with E-state index in [1.807, 2.05) is 26.8 Å². The number of alkyl carbamates (subject to hydrolysis) is 1. The number of ether oxygens (including phenoxy) is 1. The van der Waals surface area contributed by atoms with Gasteiger partial charge in [-0.15, -0.1) is 0 Å². The number of urea groups is 1. The molecule has 0 saturated heterocycles. The molecule has 1 aromatic heterocycles. The molecule has 1 aromatic carbocycles. The lowest BCUT2D eigenvalue weighted by atomic mass is 9.91. The number of carbonyl (C=O) groups excluding carboxylic acids is 2. The highest BCUT2D eigenvalue weighted by molar-refractivity contribution is 5.89. The molecule has 7 nitrogen and oxygen atoms in total. The van der Waals surface area contributed by atoms with Gasteiger partial charge in [0, 0.05) is 30.3 Å². The Morgan fingerprint density at radius 3 is 2.70 bits per heavy atom. The molecule has 0 saturated carbocycles. The van der Waals surface area contributed by atoms with E-state index in [0.717, 1.165) is 23.7 Å². The standard InChI is InChI=1S/C24H30F2N4O3/c1-14(19-7-5-16(25)11-20(19)26)12-28-22(31)29-18-10-15-9-17(6-8-21(15)27-13-18)30-23(32)33-24(2,3)4/h5,7,10-11,13-14,17H,6,8-9,12H2,1-4H3,(H,30,32)(H2,28,29,31). The normalized spacial score (nSPS) is 16.4. The first-order valence-electron chi connectivity index (χ1n) is 11.0. The minimum atomic E-state index is -0.641. The Bertz CT molecular complexity index is 1020. The number of amides is 3. The third-order valence-electron chi connectivity index (χ3n) is 5.30. The summed E-state index contributed by atoms with van der Waals surface area (Å²) in [5.74, 6) is -1.62. The van der Waals surface area contributed by atoms with Gasteiger partial charge < -0.3 is 20.7 Å². The molecule has 0 fully saturated rings. The second-order valence-electron chi connectivity index (χ2n) is 9.32. The van der Waals surface area contributed by atoms with Gasteiger partial charge in [-0.1, -0.05) is 13.0 Å². The summed E-state index contributed by atoms with van der Waals surface area (Å²) in [5, 5.41) is 8.32. The van der Waals surface area contributed by atoms with Crippen LogP contribution in [0.5, 0.6) is 0 Å². The van der Waals surface area contributed by atoms with Crippen molar-refractivity contribution in [3.8, 4) is 0 Å². The van der Waals surface area contributed by atoms with Crippen molar-refractivity contribution in [2.45, 2.75) is 64.5 Å². The van der Waals surface area contributed by atoms with Gasteiger partial charge in [0.15, 0.2) is 0 Å². The SMILES string of the molecule is CC(CNC(=O)Nc1cnc2c(c1)CC(NC(=O)OC(C)(C)C)CC2)c1ccc(F)cc1F. The number of pyridine rings is 1. The third kappa shape index (κ3) is 7.13. The molecular weight excluding hydrogens is 430 g/mol. The van der Waals surface area contributed by atoms with Crippen LogP contribution < -0.4 is 16.0 Å². The highest BCUT2D eigenvalue weighted by atomic mass is 19.1. The van der Waals surface area contributed by atoms with Crippen LogP contribution in [-0.4, -0.2) is 35.3 Å². The van der Waals surface area contributed by atoms with Crippen molar-refractivity contribution in [3.63, 3.8) is 0 Å². The van der Waals surface area contributed by atoms with Gasteiger partial charge in [0.05, 0.1) is 11.9 Å². The van der Waals surface area contributed by atoms with Crippen molar-refractivity contribution in [1.29, 1.82) is 0 Å². The molecule has 0 spiro atoms. The quantitative estimate of drug-likeness (QED) is 0.605. The first-order chi connectivity index (χ1) is 15.5. The zero-order chi connectivity index (χ0) is 24.2. The van der Waals surface area contributed by atoms with Crippen molar-refractivity contribution in [3.05, 3.63) is 58.9 Å². The van der Waals surface area contributed by atoms with Crippen LogP contribution in [-0.2, 0) is 17.6 Å². The molecular formula is C24H30F2N4O3. The number of nitrogens with one attached hydrogen (secondary N) is 3. The van der Waals surface area contributed by atoms with E-state index in [1.165, 1.54) is 12.1 Å². The maximum atomic E-state index is 13.9. The van der Waals surface area contributed by atoms with E-state index in [-0.39, 0.29) is 18.5 Å². The predicted molar refractivity (Wildman–Crippen MR) is 121 cm³/mol. The van der Waals surface area contributed by atoms with Crippen LogP contribution in [0.4, 0.5) is 24.1 Å². The Labute approximate surface area is 192 Å². The third-order valence-corrected chi connectivity index (χ3v) is 5.30. The van der Waals surface area contributed by atoms with Crippen LogP contribution in [0.2, 0.25) is 0 Å². The number of benzene rings is 1. The Hall–Kier alpha value is -3.23. The number of fused-ring (bicyclic) bond motifs is 1. The summed E-state index contributed by atoms with van der Waals surface area (Å²) in [6.45, 7) is 7.36. The van der Waals surface area contributed by atoms with Crippen molar-refractivity contribution in [2.75, 3.05) is 11.9 Å². The van der Waals surface area contributed by atoms with Gasteiger partial charge in [0.2, 0.25) is 0 Å². The Kier molecular flexibility index (Phi) is 7.50. The molecule has 2 atom stereocenters. The number of carbonyl (C=O) groups is 2. The maximum absolute atomic E-state index is 13.9. The predicted octanol–water partition coefficient (Wildman–Crippen LogP) is 4.67. The monoisotopic (exact) mass is 460 g/mol. The summed E-state index contributed by atoms with van der Waals surface area (Å²) in [6, 6.07) is 4.71.